The number of thioether (sulfide) groups is 1. The predicted octanol–water partition coefficient (Wildman–Crippen LogP) is 3.20. The zero-order valence-electron chi connectivity index (χ0n) is 14.5. The molecule has 0 atom stereocenters. The Morgan fingerprint density at radius 1 is 1.31 bits per heavy atom. The summed E-state index contributed by atoms with van der Waals surface area (Å²) >= 11 is 1.27. The third-order valence-electron chi connectivity index (χ3n) is 4.84. The van der Waals surface area contributed by atoms with Gasteiger partial charge in [0, 0.05) is 18.5 Å². The summed E-state index contributed by atoms with van der Waals surface area (Å²) in [6.45, 7) is 0. The molecule has 1 amide bonds. The van der Waals surface area contributed by atoms with Gasteiger partial charge in [0.25, 0.3) is 0 Å². The fourth-order valence-corrected chi connectivity index (χ4v) is 4.12. The summed E-state index contributed by atoms with van der Waals surface area (Å²) in [7, 11) is 1.86. The van der Waals surface area contributed by atoms with E-state index in [0.717, 1.165) is 18.4 Å². The van der Waals surface area contributed by atoms with E-state index in [1.54, 1.807) is 6.07 Å². The van der Waals surface area contributed by atoms with Crippen LogP contribution in [0.5, 0.6) is 0 Å². The Morgan fingerprint density at radius 2 is 2.12 bits per heavy atom. The molecule has 3 aromatic rings. The lowest BCUT2D eigenvalue weighted by Crippen LogP contribution is -2.37. The molecule has 0 spiro atoms. The zero-order valence-corrected chi connectivity index (χ0v) is 15.4. The number of benzene rings is 1. The topological polar surface area (TPSA) is 72.7 Å². The average Bonchev–Trinajstić information content (AvgIpc) is 2.92. The second kappa shape index (κ2) is 7.19. The fourth-order valence-electron chi connectivity index (χ4n) is 3.52. The van der Waals surface area contributed by atoms with E-state index in [0.29, 0.717) is 27.7 Å². The highest BCUT2D eigenvalue weighted by Gasteiger charge is 2.17. The number of hydrogen-bond acceptors (Lipinski definition) is 5. The van der Waals surface area contributed by atoms with Gasteiger partial charge in [-0.3, -0.25) is 4.79 Å². The van der Waals surface area contributed by atoms with Crippen LogP contribution < -0.4 is 5.32 Å². The van der Waals surface area contributed by atoms with Gasteiger partial charge in [-0.05, 0) is 31.0 Å². The highest BCUT2D eigenvalue weighted by atomic mass is 32.2. The summed E-state index contributed by atoms with van der Waals surface area (Å²) in [5.41, 5.74) is 2.05. The van der Waals surface area contributed by atoms with Crippen molar-refractivity contribution in [2.75, 3.05) is 5.75 Å². The maximum Gasteiger partial charge on any atom is 0.230 e. The number of nitrogens with one attached hydrogen (secondary N) is 1. The van der Waals surface area contributed by atoms with E-state index in [9.17, 15) is 9.18 Å². The molecule has 1 aliphatic carbocycles. The van der Waals surface area contributed by atoms with Crippen LogP contribution in [0.1, 0.15) is 32.1 Å². The molecular formula is C18H20FN5OS. The van der Waals surface area contributed by atoms with Crippen LogP contribution in [-0.2, 0) is 11.8 Å². The van der Waals surface area contributed by atoms with Gasteiger partial charge in [-0.25, -0.2) is 9.37 Å². The van der Waals surface area contributed by atoms with Gasteiger partial charge in [-0.15, -0.1) is 10.2 Å². The first-order chi connectivity index (χ1) is 12.6. The van der Waals surface area contributed by atoms with Crippen molar-refractivity contribution in [3.8, 4) is 0 Å². The molecule has 2 heterocycles. The number of aromatic nitrogens is 4. The van der Waals surface area contributed by atoms with Crippen molar-refractivity contribution in [1.29, 1.82) is 0 Å². The molecule has 136 valence electrons. The number of aryl methyl sites for hydroxylation is 1. The lowest BCUT2D eigenvalue weighted by Gasteiger charge is -2.22. The summed E-state index contributed by atoms with van der Waals surface area (Å²) in [4.78, 5) is 16.6. The highest BCUT2D eigenvalue weighted by molar-refractivity contribution is 7.99. The van der Waals surface area contributed by atoms with Crippen LogP contribution in [0.4, 0.5) is 4.39 Å². The van der Waals surface area contributed by atoms with Crippen molar-refractivity contribution in [2.45, 2.75) is 43.3 Å². The van der Waals surface area contributed by atoms with Crippen LogP contribution in [0.2, 0.25) is 0 Å². The number of hydrogen-bond donors (Lipinski definition) is 1. The Morgan fingerprint density at radius 3 is 2.92 bits per heavy atom. The normalized spacial score (nSPS) is 15.6. The quantitative estimate of drug-likeness (QED) is 0.711. The fraction of sp³-hybridized carbons (Fsp3) is 0.444. The van der Waals surface area contributed by atoms with Gasteiger partial charge in [0.15, 0.2) is 5.65 Å². The first-order valence-electron chi connectivity index (χ1n) is 8.82. The van der Waals surface area contributed by atoms with Crippen molar-refractivity contribution in [1.82, 2.24) is 25.1 Å². The van der Waals surface area contributed by atoms with Crippen molar-refractivity contribution < 1.29 is 9.18 Å². The number of nitrogens with zero attached hydrogens (tertiary/aromatic N) is 4. The summed E-state index contributed by atoms with van der Waals surface area (Å²) in [6, 6.07) is 4.86. The van der Waals surface area contributed by atoms with Crippen LogP contribution in [-0.4, -0.2) is 37.5 Å². The van der Waals surface area contributed by atoms with Gasteiger partial charge >= 0.3 is 0 Å². The standard InChI is InChI=1S/C18H20FN5OS/c1-24-14-8-7-11(19)9-13(14)16-17(24)21-18(23-22-16)26-10-15(25)20-12-5-3-2-4-6-12/h7-9,12H,2-6,10H2,1H3,(H,20,25). The Hall–Kier alpha value is -2.22. The molecule has 2 aromatic heterocycles. The van der Waals surface area contributed by atoms with Gasteiger partial charge in [-0.2, -0.15) is 0 Å². The molecule has 8 heteroatoms. The van der Waals surface area contributed by atoms with Crippen LogP contribution in [0.15, 0.2) is 23.4 Å². The number of carbonyl (C=O) groups is 1. The van der Waals surface area contributed by atoms with Gasteiger partial charge in [-0.1, -0.05) is 31.0 Å². The van der Waals surface area contributed by atoms with Crippen LogP contribution in [0.3, 0.4) is 0 Å². The minimum atomic E-state index is -0.315. The predicted molar refractivity (Wildman–Crippen MR) is 99.5 cm³/mol. The minimum Gasteiger partial charge on any atom is -0.353 e. The minimum absolute atomic E-state index is 0.00436. The molecule has 4 rings (SSSR count). The molecule has 6 nitrogen and oxygen atoms in total. The molecule has 1 N–H and O–H groups in total. The molecule has 26 heavy (non-hydrogen) atoms. The number of carbonyl (C=O) groups excluding carboxylic acids is 1. The second-order valence-corrected chi connectivity index (χ2v) is 7.62. The van der Waals surface area contributed by atoms with Crippen LogP contribution in [0, 0.1) is 5.82 Å². The van der Waals surface area contributed by atoms with Gasteiger partial charge in [0.05, 0.1) is 11.3 Å². The first kappa shape index (κ1) is 17.2. The SMILES string of the molecule is Cn1c2ccc(F)cc2c2nnc(SCC(=O)NC3CCCCC3)nc21. The van der Waals surface area contributed by atoms with Crippen LogP contribution >= 0.6 is 11.8 Å². The molecule has 1 fully saturated rings. The van der Waals surface area contributed by atoms with E-state index in [2.05, 4.69) is 20.5 Å². The Labute approximate surface area is 154 Å². The Balaban J connectivity index is 1.49. The number of fused-ring (bicyclic) bond motifs is 3. The van der Waals surface area contributed by atoms with Gasteiger partial charge in [0.1, 0.15) is 11.3 Å². The monoisotopic (exact) mass is 373 g/mol. The van der Waals surface area contributed by atoms with Crippen molar-refractivity contribution in [2.24, 2.45) is 7.05 Å². The summed E-state index contributed by atoms with van der Waals surface area (Å²) in [5.74, 6) is -0.0447. The van der Waals surface area contributed by atoms with Crippen molar-refractivity contribution in [3.63, 3.8) is 0 Å². The van der Waals surface area contributed by atoms with E-state index < -0.39 is 0 Å². The largest absolute Gasteiger partial charge is 0.353 e. The summed E-state index contributed by atoms with van der Waals surface area (Å²) in [5, 5.41) is 12.5. The Bertz CT molecular complexity index is 967. The summed E-state index contributed by atoms with van der Waals surface area (Å²) < 4.78 is 15.4. The molecule has 1 saturated carbocycles. The smallest absolute Gasteiger partial charge is 0.230 e. The highest BCUT2D eigenvalue weighted by Crippen LogP contribution is 2.27. The van der Waals surface area contributed by atoms with Crippen LogP contribution in [0.25, 0.3) is 22.1 Å². The molecule has 0 aliphatic heterocycles. The van der Waals surface area contributed by atoms with E-state index in [4.69, 9.17) is 0 Å². The number of rotatable bonds is 4. The number of halogens is 1. The molecule has 0 saturated heterocycles. The lowest BCUT2D eigenvalue weighted by atomic mass is 9.95. The van der Waals surface area contributed by atoms with Gasteiger partial charge in [0.2, 0.25) is 11.1 Å². The van der Waals surface area contributed by atoms with E-state index in [1.165, 1.54) is 43.2 Å². The molecule has 0 bridgehead atoms. The molecule has 1 aromatic carbocycles. The average molecular weight is 373 g/mol. The Kier molecular flexibility index (Phi) is 4.76. The number of amides is 1. The molecule has 0 unspecified atom stereocenters. The van der Waals surface area contributed by atoms with Crippen molar-refractivity contribution in [3.05, 3.63) is 24.0 Å². The molecular weight excluding hydrogens is 353 g/mol. The molecule has 0 radical (unpaired) electrons. The van der Waals surface area contributed by atoms with E-state index >= 15 is 0 Å². The van der Waals surface area contributed by atoms with Gasteiger partial charge < -0.3 is 9.88 Å². The zero-order chi connectivity index (χ0) is 18.1. The summed E-state index contributed by atoms with van der Waals surface area (Å²) in [6.07, 6.45) is 5.75. The molecule has 1 aliphatic rings. The third-order valence-corrected chi connectivity index (χ3v) is 5.68. The van der Waals surface area contributed by atoms with E-state index in [-0.39, 0.29) is 17.5 Å². The third kappa shape index (κ3) is 3.38. The van der Waals surface area contributed by atoms with Crippen molar-refractivity contribution >= 4 is 39.7 Å². The second-order valence-electron chi connectivity index (χ2n) is 6.68. The maximum atomic E-state index is 13.5. The first-order valence-corrected chi connectivity index (χ1v) is 9.81. The lowest BCUT2D eigenvalue weighted by molar-refractivity contribution is -0.119. The maximum absolute atomic E-state index is 13.5. The van der Waals surface area contributed by atoms with E-state index in [1.807, 2.05) is 11.6 Å².